The zero-order chi connectivity index (χ0) is 24.1. The van der Waals surface area contributed by atoms with Crippen molar-refractivity contribution in [2.75, 3.05) is 31.6 Å². The first-order chi connectivity index (χ1) is 16.5. The number of pyridine rings is 1. The molecule has 7 nitrogen and oxygen atoms in total. The molecule has 2 aromatic carbocycles. The van der Waals surface area contributed by atoms with Crippen LogP contribution in [0.15, 0.2) is 53.3 Å². The number of carbonyl (C=O) groups is 1. The quantitative estimate of drug-likeness (QED) is 0.509. The van der Waals surface area contributed by atoms with E-state index in [0.29, 0.717) is 30.0 Å². The van der Waals surface area contributed by atoms with Crippen LogP contribution >= 0.6 is 0 Å². The number of H-pyrrole nitrogens is 1. The fourth-order valence-corrected chi connectivity index (χ4v) is 4.56. The van der Waals surface area contributed by atoms with Crippen LogP contribution in [0.1, 0.15) is 32.3 Å². The van der Waals surface area contributed by atoms with Crippen LogP contribution in [0.4, 0.5) is 14.9 Å². The summed E-state index contributed by atoms with van der Waals surface area (Å²) in [7, 11) is 0. The van der Waals surface area contributed by atoms with Crippen LogP contribution in [0.3, 0.4) is 0 Å². The molecule has 1 unspecified atom stereocenters. The molecule has 4 rings (SSSR count). The van der Waals surface area contributed by atoms with Crippen molar-refractivity contribution in [1.29, 1.82) is 0 Å². The van der Waals surface area contributed by atoms with Crippen molar-refractivity contribution in [1.82, 2.24) is 14.8 Å². The molecule has 180 valence electrons. The highest BCUT2D eigenvalue weighted by Crippen LogP contribution is 2.22. The molecule has 2 heterocycles. The van der Waals surface area contributed by atoms with E-state index in [1.165, 1.54) is 12.1 Å². The Labute approximate surface area is 198 Å². The summed E-state index contributed by atoms with van der Waals surface area (Å²) in [6.45, 7) is 7.00. The Morgan fingerprint density at radius 2 is 2.06 bits per heavy atom. The summed E-state index contributed by atoms with van der Waals surface area (Å²) in [5.41, 5.74) is 1.03. The third-order valence-electron chi connectivity index (χ3n) is 6.30. The van der Waals surface area contributed by atoms with Crippen LogP contribution in [0.5, 0.6) is 5.75 Å². The number of fused-ring (bicyclic) bond motifs is 1. The van der Waals surface area contributed by atoms with Gasteiger partial charge in [-0.2, -0.15) is 0 Å². The van der Waals surface area contributed by atoms with Crippen LogP contribution in [-0.2, 0) is 6.54 Å². The number of ether oxygens (including phenoxy) is 1. The van der Waals surface area contributed by atoms with Crippen LogP contribution in [0, 0.1) is 5.82 Å². The van der Waals surface area contributed by atoms with Gasteiger partial charge in [-0.3, -0.25) is 9.69 Å². The molecule has 1 aliphatic heterocycles. The number of rotatable bonds is 8. The Morgan fingerprint density at radius 3 is 2.82 bits per heavy atom. The zero-order valence-corrected chi connectivity index (χ0v) is 19.6. The summed E-state index contributed by atoms with van der Waals surface area (Å²) in [6.07, 6.45) is 2.04. The number of aromatic amines is 1. The monoisotopic (exact) mass is 466 g/mol. The average molecular weight is 467 g/mol. The average Bonchev–Trinajstić information content (AvgIpc) is 3.28. The first kappa shape index (κ1) is 23.8. The highest BCUT2D eigenvalue weighted by molar-refractivity contribution is 5.89. The van der Waals surface area contributed by atoms with Gasteiger partial charge in [0, 0.05) is 29.1 Å². The number of amides is 2. The number of urea groups is 1. The minimum absolute atomic E-state index is 0.110. The number of para-hydroxylation sites is 1. The van der Waals surface area contributed by atoms with Gasteiger partial charge in [0.05, 0.1) is 18.8 Å². The van der Waals surface area contributed by atoms with E-state index in [4.69, 9.17) is 4.74 Å². The summed E-state index contributed by atoms with van der Waals surface area (Å²) < 4.78 is 19.8. The summed E-state index contributed by atoms with van der Waals surface area (Å²) in [5, 5.41) is 3.51. The van der Waals surface area contributed by atoms with Crippen molar-refractivity contribution in [3.63, 3.8) is 0 Å². The molecule has 1 saturated heterocycles. The lowest BCUT2D eigenvalue weighted by Gasteiger charge is -2.30. The minimum atomic E-state index is -0.501. The van der Waals surface area contributed by atoms with E-state index in [-0.39, 0.29) is 23.8 Å². The van der Waals surface area contributed by atoms with Crippen molar-refractivity contribution in [2.45, 2.75) is 39.3 Å². The second kappa shape index (κ2) is 10.7. The molecular formula is C26H31FN4O3. The third-order valence-corrected chi connectivity index (χ3v) is 6.30. The number of carbonyl (C=O) groups excluding carboxylic acids is 1. The minimum Gasteiger partial charge on any atom is -0.494 e. The molecule has 0 saturated carbocycles. The molecule has 1 aliphatic rings. The van der Waals surface area contributed by atoms with Gasteiger partial charge in [0.2, 0.25) is 0 Å². The molecule has 0 radical (unpaired) electrons. The first-order valence-electron chi connectivity index (χ1n) is 11.8. The Bertz CT molecular complexity index is 1210. The fraction of sp³-hybridized carbons (Fsp3) is 0.385. The second-order valence-electron chi connectivity index (χ2n) is 8.52. The molecule has 2 N–H and O–H groups in total. The number of benzene rings is 2. The van der Waals surface area contributed by atoms with Crippen molar-refractivity contribution in [2.24, 2.45) is 0 Å². The number of nitrogens with zero attached hydrogens (tertiary/aromatic N) is 2. The lowest BCUT2D eigenvalue weighted by Crippen LogP contribution is -2.45. The van der Waals surface area contributed by atoms with E-state index < -0.39 is 11.8 Å². The number of anilines is 1. The van der Waals surface area contributed by atoms with Crippen molar-refractivity contribution < 1.29 is 13.9 Å². The molecule has 0 aliphatic carbocycles. The Balaban J connectivity index is 1.63. The largest absolute Gasteiger partial charge is 0.494 e. The number of hydrogen-bond acceptors (Lipinski definition) is 4. The van der Waals surface area contributed by atoms with Gasteiger partial charge in [0.15, 0.2) is 0 Å². The third kappa shape index (κ3) is 5.39. The van der Waals surface area contributed by atoms with Gasteiger partial charge in [0.1, 0.15) is 11.6 Å². The normalized spacial score (nSPS) is 16.0. The van der Waals surface area contributed by atoms with Gasteiger partial charge < -0.3 is 19.9 Å². The molecule has 34 heavy (non-hydrogen) atoms. The van der Waals surface area contributed by atoms with Gasteiger partial charge in [-0.05, 0) is 69.3 Å². The standard InChI is InChI=1S/C26H31FN4O3/c1-3-30-13-7-8-20(30)17-31(26(33)29-24-10-6-5-9-22(24)27)16-19-14-18-15-21(34-4-2)11-12-23(18)28-25(19)32/h5-6,9-12,14-15,20H,3-4,7-8,13,16-17H2,1-2H3,(H,28,32)(H,29,33). The predicted molar refractivity (Wildman–Crippen MR) is 132 cm³/mol. The van der Waals surface area contributed by atoms with Crippen molar-refractivity contribution in [3.05, 3.63) is 70.3 Å². The number of aromatic nitrogens is 1. The van der Waals surface area contributed by atoms with Gasteiger partial charge in [-0.25, -0.2) is 9.18 Å². The molecule has 8 heteroatoms. The number of likely N-dealkylation sites (tertiary alicyclic amines) is 1. The van der Waals surface area contributed by atoms with Crippen LogP contribution in [-0.4, -0.2) is 53.1 Å². The van der Waals surface area contributed by atoms with Gasteiger partial charge in [-0.1, -0.05) is 19.1 Å². The fourth-order valence-electron chi connectivity index (χ4n) is 4.56. The van der Waals surface area contributed by atoms with Crippen LogP contribution in [0.25, 0.3) is 10.9 Å². The van der Waals surface area contributed by atoms with Gasteiger partial charge in [0.25, 0.3) is 5.56 Å². The van der Waals surface area contributed by atoms with Crippen LogP contribution in [0.2, 0.25) is 0 Å². The molecule has 0 spiro atoms. The van der Waals surface area contributed by atoms with E-state index in [1.54, 1.807) is 23.1 Å². The van der Waals surface area contributed by atoms with E-state index in [0.717, 1.165) is 31.3 Å². The van der Waals surface area contributed by atoms with E-state index in [2.05, 4.69) is 22.1 Å². The number of nitrogens with one attached hydrogen (secondary N) is 2. The Morgan fingerprint density at radius 1 is 1.24 bits per heavy atom. The summed E-state index contributed by atoms with van der Waals surface area (Å²) in [6, 6.07) is 13.1. The molecule has 1 aromatic heterocycles. The van der Waals surface area contributed by atoms with Crippen molar-refractivity contribution in [3.8, 4) is 5.75 Å². The lowest BCUT2D eigenvalue weighted by atomic mass is 10.1. The van der Waals surface area contributed by atoms with Crippen molar-refractivity contribution >= 4 is 22.6 Å². The molecule has 3 aromatic rings. The maximum Gasteiger partial charge on any atom is 0.322 e. The zero-order valence-electron chi connectivity index (χ0n) is 19.6. The van der Waals surface area contributed by atoms with E-state index >= 15 is 0 Å². The summed E-state index contributed by atoms with van der Waals surface area (Å²) in [4.78, 5) is 33.0. The molecule has 1 atom stereocenters. The smallest absolute Gasteiger partial charge is 0.322 e. The molecule has 1 fully saturated rings. The number of likely N-dealkylation sites (N-methyl/N-ethyl adjacent to an activating group) is 1. The number of halogens is 1. The van der Waals surface area contributed by atoms with Gasteiger partial charge >= 0.3 is 6.03 Å². The predicted octanol–water partition coefficient (Wildman–Crippen LogP) is 4.58. The maximum absolute atomic E-state index is 14.2. The summed E-state index contributed by atoms with van der Waals surface area (Å²) >= 11 is 0. The number of hydrogen-bond donors (Lipinski definition) is 2. The Kier molecular flexibility index (Phi) is 7.47. The SMILES string of the molecule is CCOc1ccc2[nH]c(=O)c(CN(CC3CCCN3CC)C(=O)Nc3ccccc3F)cc2c1. The lowest BCUT2D eigenvalue weighted by molar-refractivity contribution is 0.174. The second-order valence-corrected chi connectivity index (χ2v) is 8.52. The summed E-state index contributed by atoms with van der Waals surface area (Å²) in [5.74, 6) is 0.213. The molecule has 0 bridgehead atoms. The van der Waals surface area contributed by atoms with E-state index in [1.807, 2.05) is 25.1 Å². The molecular weight excluding hydrogens is 435 g/mol. The maximum atomic E-state index is 14.2. The topological polar surface area (TPSA) is 77.7 Å². The first-order valence-corrected chi connectivity index (χ1v) is 11.8. The van der Waals surface area contributed by atoms with E-state index in [9.17, 15) is 14.0 Å². The highest BCUT2D eigenvalue weighted by atomic mass is 19.1. The Hall–Kier alpha value is -3.39. The van der Waals surface area contributed by atoms with Crippen LogP contribution < -0.4 is 15.6 Å². The van der Waals surface area contributed by atoms with Gasteiger partial charge in [-0.15, -0.1) is 0 Å². The highest BCUT2D eigenvalue weighted by Gasteiger charge is 2.28. The molecule has 2 amide bonds.